The van der Waals surface area contributed by atoms with Crippen LogP contribution in [0.3, 0.4) is 0 Å². The highest BCUT2D eigenvalue weighted by atomic mass is 16.2. The van der Waals surface area contributed by atoms with Crippen LogP contribution in [0.5, 0.6) is 0 Å². The molecule has 3 saturated heterocycles. The summed E-state index contributed by atoms with van der Waals surface area (Å²) in [4.78, 5) is 49.4. The van der Waals surface area contributed by atoms with E-state index < -0.39 is 6.04 Å². The number of hydrogen-bond donors (Lipinski definition) is 3. The summed E-state index contributed by atoms with van der Waals surface area (Å²) < 4.78 is 0. The summed E-state index contributed by atoms with van der Waals surface area (Å²) >= 11 is 0. The maximum absolute atomic E-state index is 14.1. The van der Waals surface area contributed by atoms with Crippen molar-refractivity contribution in [2.45, 2.75) is 82.3 Å². The number of piperazine rings is 1. The van der Waals surface area contributed by atoms with Crippen molar-refractivity contribution in [1.82, 2.24) is 30.2 Å². The van der Waals surface area contributed by atoms with E-state index in [2.05, 4.69) is 45.1 Å². The SMILES string of the molecule is O=C(N[C@H](Cc1ccc2c(c1)CCCC2)C(=O)N1CCC(N2CCNCC2)CC1)N1CCC(N2CCc3ccccc3NC2=O)CC1. The molecule has 47 heavy (non-hydrogen) atoms. The average Bonchev–Trinajstić information content (AvgIpc) is 3.29. The minimum atomic E-state index is -0.604. The van der Waals surface area contributed by atoms with Gasteiger partial charge >= 0.3 is 12.1 Å². The van der Waals surface area contributed by atoms with Crippen molar-refractivity contribution >= 4 is 23.7 Å². The maximum atomic E-state index is 14.1. The Kier molecular flexibility index (Phi) is 9.95. The minimum absolute atomic E-state index is 0.0329. The number of nitrogens with zero attached hydrogens (tertiary/aromatic N) is 4. The standard InChI is InChI=1S/C37H51N7O3/c45-35(42-18-12-31(13-19-42)41-23-16-38-17-24-41)34(26-27-9-10-28-5-1-2-7-30(28)25-27)40-36(46)43-20-14-32(15-21-43)44-22-11-29-6-3-4-8-33(29)39-37(44)47/h3-4,6,8-10,25,31-32,34,38H,1-2,5,7,11-24,26H2,(H,39,47)(H,40,46)/t34-/m1/s1. The predicted molar refractivity (Wildman–Crippen MR) is 184 cm³/mol. The van der Waals surface area contributed by atoms with Gasteiger partial charge in [0.05, 0.1) is 0 Å². The lowest BCUT2D eigenvalue weighted by Gasteiger charge is -2.41. The Labute approximate surface area is 279 Å². The number of nitrogens with one attached hydrogen (secondary N) is 3. The van der Waals surface area contributed by atoms with Crippen LogP contribution < -0.4 is 16.0 Å². The van der Waals surface area contributed by atoms with E-state index in [0.717, 1.165) is 101 Å². The van der Waals surface area contributed by atoms with Gasteiger partial charge in [-0.05, 0) is 86.1 Å². The molecule has 0 spiro atoms. The average molecular weight is 642 g/mol. The van der Waals surface area contributed by atoms with E-state index in [0.29, 0.717) is 32.1 Å². The fraction of sp³-hybridized carbons (Fsp3) is 0.595. The fourth-order valence-corrected chi connectivity index (χ4v) is 8.43. The Morgan fingerprint density at radius 1 is 0.766 bits per heavy atom. The van der Waals surface area contributed by atoms with Gasteiger partial charge in [0.2, 0.25) is 5.91 Å². The van der Waals surface area contributed by atoms with Crippen LogP contribution in [0, 0.1) is 0 Å². The van der Waals surface area contributed by atoms with Crippen LogP contribution in [0.15, 0.2) is 42.5 Å². The molecular formula is C37H51N7O3. The molecule has 5 aliphatic rings. The Morgan fingerprint density at radius 2 is 1.47 bits per heavy atom. The van der Waals surface area contributed by atoms with Crippen molar-refractivity contribution in [3.8, 4) is 0 Å². The molecule has 4 heterocycles. The number of benzene rings is 2. The number of hydrogen-bond acceptors (Lipinski definition) is 5. The topological polar surface area (TPSA) is 100 Å². The molecule has 0 saturated carbocycles. The fourth-order valence-electron chi connectivity index (χ4n) is 8.43. The lowest BCUT2D eigenvalue weighted by atomic mass is 9.89. The Morgan fingerprint density at radius 3 is 2.26 bits per heavy atom. The van der Waals surface area contributed by atoms with Gasteiger partial charge in [-0.3, -0.25) is 9.69 Å². The minimum Gasteiger partial charge on any atom is -0.341 e. The summed E-state index contributed by atoms with van der Waals surface area (Å²) in [6.45, 7) is 7.46. The van der Waals surface area contributed by atoms with E-state index in [1.54, 1.807) is 0 Å². The molecule has 1 aliphatic carbocycles. The number of urea groups is 2. The second-order valence-corrected chi connectivity index (χ2v) is 14.1. The quantitative estimate of drug-likeness (QED) is 0.448. The van der Waals surface area contributed by atoms with Gasteiger partial charge in [0, 0.05) is 83.1 Å². The van der Waals surface area contributed by atoms with Gasteiger partial charge in [-0.2, -0.15) is 0 Å². The van der Waals surface area contributed by atoms with Crippen LogP contribution in [-0.4, -0.2) is 115 Å². The number of aryl methyl sites for hydroxylation is 2. The number of rotatable bonds is 6. The second-order valence-electron chi connectivity index (χ2n) is 14.1. The van der Waals surface area contributed by atoms with Gasteiger partial charge in [0.25, 0.3) is 0 Å². The first-order valence-electron chi connectivity index (χ1n) is 18.1. The molecular weight excluding hydrogens is 590 g/mol. The van der Waals surface area contributed by atoms with Gasteiger partial charge in [-0.15, -0.1) is 0 Å². The highest BCUT2D eigenvalue weighted by Crippen LogP contribution is 2.26. The molecule has 252 valence electrons. The number of amides is 5. The first kappa shape index (κ1) is 31.9. The molecule has 5 amide bonds. The largest absolute Gasteiger partial charge is 0.341 e. The summed E-state index contributed by atoms with van der Waals surface area (Å²) in [6.07, 6.45) is 9.37. The van der Waals surface area contributed by atoms with Gasteiger partial charge < -0.3 is 30.7 Å². The van der Waals surface area contributed by atoms with E-state index in [1.165, 1.54) is 24.0 Å². The molecule has 0 bridgehead atoms. The number of anilines is 1. The molecule has 2 aromatic carbocycles. The van der Waals surface area contributed by atoms with Crippen molar-refractivity contribution in [2.75, 3.05) is 64.2 Å². The zero-order valence-electron chi connectivity index (χ0n) is 27.7. The van der Waals surface area contributed by atoms with E-state index in [-0.39, 0.29) is 24.0 Å². The molecule has 2 aromatic rings. The molecule has 4 aliphatic heterocycles. The lowest BCUT2D eigenvalue weighted by molar-refractivity contribution is -0.134. The van der Waals surface area contributed by atoms with E-state index in [4.69, 9.17) is 0 Å². The van der Waals surface area contributed by atoms with E-state index >= 15 is 0 Å². The second kappa shape index (κ2) is 14.6. The first-order valence-corrected chi connectivity index (χ1v) is 18.1. The van der Waals surface area contributed by atoms with Crippen LogP contribution >= 0.6 is 0 Å². The van der Waals surface area contributed by atoms with Crippen molar-refractivity contribution in [1.29, 1.82) is 0 Å². The molecule has 1 atom stereocenters. The van der Waals surface area contributed by atoms with Crippen molar-refractivity contribution in [2.24, 2.45) is 0 Å². The summed E-state index contributed by atoms with van der Waals surface area (Å²) in [5.74, 6) is 0.0329. The van der Waals surface area contributed by atoms with Crippen LogP contribution in [0.2, 0.25) is 0 Å². The third-order valence-corrected chi connectivity index (χ3v) is 11.2. The van der Waals surface area contributed by atoms with Crippen molar-refractivity contribution in [3.05, 3.63) is 64.7 Å². The van der Waals surface area contributed by atoms with Crippen LogP contribution in [0.4, 0.5) is 15.3 Å². The molecule has 7 rings (SSSR count). The molecule has 0 radical (unpaired) electrons. The third-order valence-electron chi connectivity index (χ3n) is 11.2. The Hall–Kier alpha value is -3.63. The van der Waals surface area contributed by atoms with Crippen LogP contribution in [0.1, 0.15) is 60.8 Å². The summed E-state index contributed by atoms with van der Waals surface area (Å²) in [6, 6.07) is 14.4. The zero-order valence-corrected chi connectivity index (χ0v) is 27.7. The zero-order chi connectivity index (χ0) is 32.2. The van der Waals surface area contributed by atoms with Crippen LogP contribution in [-0.2, 0) is 30.5 Å². The summed E-state index contributed by atoms with van der Waals surface area (Å²) in [5, 5.41) is 9.72. The van der Waals surface area contributed by atoms with Gasteiger partial charge in [-0.1, -0.05) is 36.4 Å². The monoisotopic (exact) mass is 641 g/mol. The molecule has 0 unspecified atom stereocenters. The number of piperidine rings is 2. The predicted octanol–water partition coefficient (Wildman–Crippen LogP) is 3.64. The van der Waals surface area contributed by atoms with E-state index in [1.807, 2.05) is 32.9 Å². The van der Waals surface area contributed by atoms with Crippen molar-refractivity contribution in [3.63, 3.8) is 0 Å². The first-order chi connectivity index (χ1) is 23.0. The van der Waals surface area contributed by atoms with E-state index in [9.17, 15) is 14.4 Å². The highest BCUT2D eigenvalue weighted by Gasteiger charge is 2.35. The number of carbonyl (C=O) groups is 3. The van der Waals surface area contributed by atoms with Gasteiger partial charge in [0.1, 0.15) is 6.04 Å². The summed E-state index contributed by atoms with van der Waals surface area (Å²) in [7, 11) is 0. The molecule has 3 fully saturated rings. The normalized spacial score (nSPS) is 22.1. The number of fused-ring (bicyclic) bond motifs is 2. The lowest BCUT2D eigenvalue weighted by Crippen LogP contribution is -2.58. The third kappa shape index (κ3) is 7.44. The number of carbonyl (C=O) groups excluding carboxylic acids is 3. The molecule has 3 N–H and O–H groups in total. The molecule has 10 heteroatoms. The Balaban J connectivity index is 0.987. The van der Waals surface area contributed by atoms with Crippen LogP contribution in [0.25, 0.3) is 0 Å². The number of para-hydroxylation sites is 1. The molecule has 0 aromatic heterocycles. The Bertz CT molecular complexity index is 1430. The summed E-state index contributed by atoms with van der Waals surface area (Å²) in [5.41, 5.74) is 5.98. The van der Waals surface area contributed by atoms with Gasteiger partial charge in [0.15, 0.2) is 0 Å². The number of likely N-dealkylation sites (tertiary alicyclic amines) is 2. The maximum Gasteiger partial charge on any atom is 0.322 e. The smallest absolute Gasteiger partial charge is 0.322 e. The van der Waals surface area contributed by atoms with Gasteiger partial charge in [-0.25, -0.2) is 9.59 Å². The highest BCUT2D eigenvalue weighted by molar-refractivity contribution is 5.91. The van der Waals surface area contributed by atoms with Crippen molar-refractivity contribution < 1.29 is 14.4 Å². The molecule has 10 nitrogen and oxygen atoms in total.